The first-order valence-electron chi connectivity index (χ1n) is 16.4. The highest BCUT2D eigenvalue weighted by Crippen LogP contribution is 2.36. The van der Waals surface area contributed by atoms with Crippen molar-refractivity contribution in [3.05, 3.63) is 66.5 Å². The van der Waals surface area contributed by atoms with Crippen molar-refractivity contribution in [2.75, 3.05) is 6.61 Å². The molecule has 2 unspecified atom stereocenters. The Bertz CT molecular complexity index is 1070. The molecule has 0 radical (unpaired) electrons. The quantitative estimate of drug-likeness (QED) is 0.160. The van der Waals surface area contributed by atoms with Crippen molar-refractivity contribution in [1.29, 1.82) is 0 Å². The number of unbranched alkanes of at least 4 members (excludes halogenated alkanes) is 6. The van der Waals surface area contributed by atoms with Crippen LogP contribution in [-0.2, 0) is 6.42 Å². The van der Waals surface area contributed by atoms with E-state index in [2.05, 4.69) is 72.3 Å². The topological polar surface area (TPSA) is 35.0 Å². The summed E-state index contributed by atoms with van der Waals surface area (Å²) in [4.78, 5) is 9.27. The smallest absolute Gasteiger partial charge is 0.159 e. The highest BCUT2D eigenvalue weighted by molar-refractivity contribution is 5.68. The maximum absolute atomic E-state index is 6.13. The van der Waals surface area contributed by atoms with Crippen molar-refractivity contribution >= 4 is 0 Å². The molecule has 0 bridgehead atoms. The third kappa shape index (κ3) is 9.75. The summed E-state index contributed by atoms with van der Waals surface area (Å²) in [6.07, 6.45) is 25.4. The molecule has 2 atom stereocenters. The molecule has 1 aliphatic rings. The summed E-state index contributed by atoms with van der Waals surface area (Å²) in [5, 5.41) is 0. The maximum Gasteiger partial charge on any atom is 0.159 e. The van der Waals surface area contributed by atoms with Crippen LogP contribution in [0.2, 0.25) is 0 Å². The standard InChI is InChI=1S/C37H52N2O/c1-3-5-7-8-10-14-30-28-38-37(39-29-30)35-21-19-33(20-22-35)34-23-25-36(26-24-34)40-27-13-18-32-17-12-11-16-31(32)15-9-6-4-2/h19-26,28-29,31-32H,3-18,27H2,1-2H3. The van der Waals surface area contributed by atoms with E-state index in [9.17, 15) is 0 Å². The molecule has 3 aromatic rings. The minimum Gasteiger partial charge on any atom is -0.494 e. The number of hydrogen-bond acceptors (Lipinski definition) is 3. The molecule has 4 rings (SSSR count). The average molecular weight is 541 g/mol. The van der Waals surface area contributed by atoms with Gasteiger partial charge in [-0.15, -0.1) is 0 Å². The number of aromatic nitrogens is 2. The fourth-order valence-electron chi connectivity index (χ4n) is 6.36. The molecule has 1 fully saturated rings. The Balaban J connectivity index is 1.20. The van der Waals surface area contributed by atoms with E-state index in [-0.39, 0.29) is 0 Å². The van der Waals surface area contributed by atoms with E-state index < -0.39 is 0 Å². The van der Waals surface area contributed by atoms with Crippen LogP contribution in [0.25, 0.3) is 22.5 Å². The molecule has 2 aromatic carbocycles. The molecule has 0 spiro atoms. The van der Waals surface area contributed by atoms with E-state index in [1.807, 2.05) is 12.4 Å². The minimum atomic E-state index is 0.797. The van der Waals surface area contributed by atoms with Crippen molar-refractivity contribution in [3.63, 3.8) is 0 Å². The molecular weight excluding hydrogens is 488 g/mol. The van der Waals surface area contributed by atoms with Crippen LogP contribution in [0.3, 0.4) is 0 Å². The molecule has 1 saturated carbocycles. The Labute approximate surface area is 244 Å². The molecule has 0 saturated heterocycles. The monoisotopic (exact) mass is 540 g/mol. The normalized spacial score (nSPS) is 17.1. The number of benzene rings is 2. The number of ether oxygens (including phenoxy) is 1. The van der Waals surface area contributed by atoms with Gasteiger partial charge < -0.3 is 4.74 Å². The third-order valence-corrected chi connectivity index (χ3v) is 8.84. The molecule has 0 N–H and O–H groups in total. The Hall–Kier alpha value is -2.68. The van der Waals surface area contributed by atoms with E-state index >= 15 is 0 Å². The van der Waals surface area contributed by atoms with E-state index in [4.69, 9.17) is 4.74 Å². The van der Waals surface area contributed by atoms with Gasteiger partial charge in [0.25, 0.3) is 0 Å². The Morgan fingerprint density at radius 3 is 1.82 bits per heavy atom. The van der Waals surface area contributed by atoms with E-state index in [1.54, 1.807) is 0 Å². The summed E-state index contributed by atoms with van der Waals surface area (Å²) in [5.74, 6) is 3.65. The van der Waals surface area contributed by atoms with Crippen LogP contribution in [0.1, 0.15) is 116 Å². The molecular formula is C37H52N2O. The zero-order valence-corrected chi connectivity index (χ0v) is 25.3. The second-order valence-corrected chi connectivity index (χ2v) is 12.0. The first-order chi connectivity index (χ1) is 19.8. The molecule has 1 aliphatic carbocycles. The van der Waals surface area contributed by atoms with E-state index in [0.29, 0.717) is 0 Å². The number of nitrogens with zero attached hydrogens (tertiary/aromatic N) is 2. The van der Waals surface area contributed by atoms with Gasteiger partial charge in [-0.25, -0.2) is 9.97 Å². The minimum absolute atomic E-state index is 0.797. The Kier molecular flexibility index (Phi) is 13.0. The molecule has 1 heterocycles. The first-order valence-corrected chi connectivity index (χ1v) is 16.4. The third-order valence-electron chi connectivity index (χ3n) is 8.84. The van der Waals surface area contributed by atoms with Crippen LogP contribution >= 0.6 is 0 Å². The zero-order chi connectivity index (χ0) is 27.8. The fraction of sp³-hybridized carbons (Fsp3) is 0.568. The lowest BCUT2D eigenvalue weighted by atomic mass is 9.74. The molecule has 0 amide bonds. The van der Waals surface area contributed by atoms with Crippen LogP contribution in [0, 0.1) is 11.8 Å². The predicted molar refractivity (Wildman–Crippen MR) is 170 cm³/mol. The van der Waals surface area contributed by atoms with Crippen LogP contribution in [-0.4, -0.2) is 16.6 Å². The van der Waals surface area contributed by atoms with Gasteiger partial charge in [-0.2, -0.15) is 0 Å². The summed E-state index contributed by atoms with van der Waals surface area (Å²) in [6, 6.07) is 17.1. The summed E-state index contributed by atoms with van der Waals surface area (Å²) in [7, 11) is 0. The average Bonchev–Trinajstić information content (AvgIpc) is 3.01. The zero-order valence-electron chi connectivity index (χ0n) is 25.3. The van der Waals surface area contributed by atoms with Crippen molar-refractivity contribution in [2.24, 2.45) is 11.8 Å². The maximum atomic E-state index is 6.13. The Morgan fingerprint density at radius 1 is 0.625 bits per heavy atom. The molecule has 1 aromatic heterocycles. The largest absolute Gasteiger partial charge is 0.494 e. The highest BCUT2D eigenvalue weighted by Gasteiger charge is 2.24. The van der Waals surface area contributed by atoms with E-state index in [1.165, 1.54) is 113 Å². The van der Waals surface area contributed by atoms with Crippen LogP contribution < -0.4 is 4.74 Å². The Morgan fingerprint density at radius 2 is 1.18 bits per heavy atom. The van der Waals surface area contributed by atoms with Crippen molar-refractivity contribution in [1.82, 2.24) is 9.97 Å². The molecule has 0 aliphatic heterocycles. The summed E-state index contributed by atoms with van der Waals surface area (Å²) in [5.41, 5.74) is 4.70. The summed E-state index contributed by atoms with van der Waals surface area (Å²) < 4.78 is 6.13. The lowest BCUT2D eigenvalue weighted by molar-refractivity contribution is 0.190. The highest BCUT2D eigenvalue weighted by atomic mass is 16.5. The second kappa shape index (κ2) is 17.2. The summed E-state index contributed by atoms with van der Waals surface area (Å²) >= 11 is 0. The van der Waals surface area contributed by atoms with Gasteiger partial charge in [0, 0.05) is 18.0 Å². The number of rotatable bonds is 17. The van der Waals surface area contributed by atoms with Gasteiger partial charge in [0.15, 0.2) is 5.82 Å². The predicted octanol–water partition coefficient (Wildman–Crippen LogP) is 10.9. The van der Waals surface area contributed by atoms with Crippen LogP contribution in [0.5, 0.6) is 5.75 Å². The second-order valence-electron chi connectivity index (χ2n) is 12.0. The van der Waals surface area contributed by atoms with Crippen LogP contribution in [0.4, 0.5) is 0 Å². The lowest BCUT2D eigenvalue weighted by Crippen LogP contribution is -2.20. The van der Waals surface area contributed by atoms with Gasteiger partial charge >= 0.3 is 0 Å². The van der Waals surface area contributed by atoms with E-state index in [0.717, 1.165) is 42.0 Å². The van der Waals surface area contributed by atoms with Gasteiger partial charge in [-0.3, -0.25) is 0 Å². The molecule has 216 valence electrons. The number of hydrogen-bond donors (Lipinski definition) is 0. The SMILES string of the molecule is CCCCCCCc1cnc(-c2ccc(-c3ccc(OCCCC4CCCCC4CCCCC)cc3)cc2)nc1. The molecule has 40 heavy (non-hydrogen) atoms. The van der Waals surface area contributed by atoms with Crippen molar-refractivity contribution < 1.29 is 4.74 Å². The van der Waals surface area contributed by atoms with Crippen molar-refractivity contribution in [2.45, 2.75) is 117 Å². The van der Waals surface area contributed by atoms with Gasteiger partial charge in [0.1, 0.15) is 5.75 Å². The molecule has 3 nitrogen and oxygen atoms in total. The lowest BCUT2D eigenvalue weighted by Gasteiger charge is -2.31. The van der Waals surface area contributed by atoms with Gasteiger partial charge in [-0.1, -0.05) is 127 Å². The fourth-order valence-corrected chi connectivity index (χ4v) is 6.36. The summed E-state index contributed by atoms with van der Waals surface area (Å²) in [6.45, 7) is 5.39. The first kappa shape index (κ1) is 30.3. The number of aryl methyl sites for hydroxylation is 1. The molecule has 3 heteroatoms. The van der Waals surface area contributed by atoms with Gasteiger partial charge in [-0.05, 0) is 66.3 Å². The van der Waals surface area contributed by atoms with Gasteiger partial charge in [0.2, 0.25) is 0 Å². The van der Waals surface area contributed by atoms with Crippen LogP contribution in [0.15, 0.2) is 60.9 Å². The van der Waals surface area contributed by atoms with Gasteiger partial charge in [0.05, 0.1) is 6.61 Å². The van der Waals surface area contributed by atoms with Crippen molar-refractivity contribution in [3.8, 4) is 28.3 Å².